The summed E-state index contributed by atoms with van der Waals surface area (Å²) in [5.41, 5.74) is 2.16. The number of hydrogen-bond donors (Lipinski definition) is 2. The van der Waals surface area contributed by atoms with Crippen LogP contribution in [0.5, 0.6) is 0 Å². The van der Waals surface area contributed by atoms with Gasteiger partial charge >= 0.3 is 5.97 Å². The van der Waals surface area contributed by atoms with Crippen LogP contribution in [0.2, 0.25) is 0 Å². The molecule has 0 fully saturated rings. The van der Waals surface area contributed by atoms with Gasteiger partial charge in [0, 0.05) is 13.1 Å². The molecule has 2 unspecified atom stereocenters. The fraction of sp³-hybridized carbons (Fsp3) is 0.500. The third-order valence-corrected chi connectivity index (χ3v) is 4.00. The molecule has 0 spiro atoms. The molecule has 1 aliphatic heterocycles. The van der Waals surface area contributed by atoms with Crippen LogP contribution >= 0.6 is 0 Å². The molecule has 0 aliphatic carbocycles. The van der Waals surface area contributed by atoms with Crippen LogP contribution in [0.3, 0.4) is 0 Å². The molecule has 1 aromatic rings. The second-order valence-electron chi connectivity index (χ2n) is 5.47. The lowest BCUT2D eigenvalue weighted by molar-refractivity contribution is -0.146. The second-order valence-corrected chi connectivity index (χ2v) is 5.47. The zero-order valence-electron chi connectivity index (χ0n) is 12.5. The predicted octanol–water partition coefficient (Wildman–Crippen LogP) is 1.41. The Kier molecular flexibility index (Phi) is 4.96. The molecule has 0 bridgehead atoms. The van der Waals surface area contributed by atoms with Crippen LogP contribution in [0.15, 0.2) is 24.3 Å². The van der Waals surface area contributed by atoms with Gasteiger partial charge in [-0.2, -0.15) is 0 Å². The molecule has 2 atom stereocenters. The molecular weight excluding hydrogens is 268 g/mol. The number of nitrogens with zero attached hydrogens (tertiary/aromatic N) is 1. The molecule has 21 heavy (non-hydrogen) atoms. The Labute approximate surface area is 125 Å². The first-order chi connectivity index (χ1) is 10.0. The summed E-state index contributed by atoms with van der Waals surface area (Å²) in [6.07, 6.45) is 1.31. The van der Waals surface area contributed by atoms with E-state index in [0.29, 0.717) is 19.5 Å². The van der Waals surface area contributed by atoms with Crippen LogP contribution in [-0.4, -0.2) is 40.5 Å². The van der Waals surface area contributed by atoms with E-state index in [4.69, 9.17) is 0 Å². The van der Waals surface area contributed by atoms with Gasteiger partial charge in [0.2, 0.25) is 5.91 Å². The average molecular weight is 290 g/mol. The minimum absolute atomic E-state index is 0.109. The van der Waals surface area contributed by atoms with Gasteiger partial charge in [-0.3, -0.25) is 14.5 Å². The van der Waals surface area contributed by atoms with Gasteiger partial charge in [-0.15, -0.1) is 0 Å². The van der Waals surface area contributed by atoms with E-state index in [0.717, 1.165) is 17.5 Å². The number of hydrogen-bond acceptors (Lipinski definition) is 3. The largest absolute Gasteiger partial charge is 0.480 e. The average Bonchev–Trinajstić information content (AvgIpc) is 2.50. The Balaban J connectivity index is 2.20. The highest BCUT2D eigenvalue weighted by Crippen LogP contribution is 2.25. The van der Waals surface area contributed by atoms with E-state index in [1.54, 1.807) is 11.8 Å². The van der Waals surface area contributed by atoms with Crippen molar-refractivity contribution in [3.63, 3.8) is 0 Å². The fourth-order valence-corrected chi connectivity index (χ4v) is 2.73. The van der Waals surface area contributed by atoms with Crippen molar-refractivity contribution in [3.05, 3.63) is 35.4 Å². The zero-order chi connectivity index (χ0) is 15.4. The number of rotatable bonds is 5. The van der Waals surface area contributed by atoms with Crippen molar-refractivity contribution in [2.24, 2.45) is 0 Å². The molecule has 2 rings (SSSR count). The summed E-state index contributed by atoms with van der Waals surface area (Å²) in [5, 5.41) is 12.3. The first-order valence-electron chi connectivity index (χ1n) is 7.37. The molecule has 5 nitrogen and oxygen atoms in total. The molecule has 1 heterocycles. The van der Waals surface area contributed by atoms with E-state index in [9.17, 15) is 14.7 Å². The maximum atomic E-state index is 12.1. The standard InChI is InChI=1S/C16H22N2O3/c1-3-8-17-15(19)11(2)18-10-13-7-5-4-6-12(13)9-14(18)16(20)21/h4-7,11,14H,3,8-10H2,1-2H3,(H,17,19)(H,20,21). The molecule has 1 aromatic carbocycles. The molecule has 5 heteroatoms. The maximum absolute atomic E-state index is 12.1. The smallest absolute Gasteiger partial charge is 0.321 e. The minimum atomic E-state index is -0.875. The second kappa shape index (κ2) is 6.72. The van der Waals surface area contributed by atoms with Crippen LogP contribution in [0.25, 0.3) is 0 Å². The van der Waals surface area contributed by atoms with Crippen molar-refractivity contribution in [3.8, 4) is 0 Å². The summed E-state index contributed by atoms with van der Waals surface area (Å²) < 4.78 is 0. The first kappa shape index (κ1) is 15.5. The Morgan fingerprint density at radius 2 is 2.05 bits per heavy atom. The third-order valence-electron chi connectivity index (χ3n) is 4.00. The summed E-state index contributed by atoms with van der Waals surface area (Å²) in [6, 6.07) is 6.72. The van der Waals surface area contributed by atoms with Crippen LogP contribution in [0, 0.1) is 0 Å². The molecule has 1 aliphatic rings. The highest BCUT2D eigenvalue weighted by atomic mass is 16.4. The summed E-state index contributed by atoms with van der Waals surface area (Å²) in [6.45, 7) is 4.87. The lowest BCUT2D eigenvalue weighted by atomic mass is 9.92. The summed E-state index contributed by atoms with van der Waals surface area (Å²) in [7, 11) is 0. The van der Waals surface area contributed by atoms with Crippen LogP contribution < -0.4 is 5.32 Å². The molecular formula is C16H22N2O3. The normalized spacial score (nSPS) is 19.6. The fourth-order valence-electron chi connectivity index (χ4n) is 2.73. The van der Waals surface area contributed by atoms with Gasteiger partial charge in [0.15, 0.2) is 0 Å². The lowest BCUT2D eigenvalue weighted by Crippen LogP contribution is -2.54. The van der Waals surface area contributed by atoms with Crippen LogP contribution in [0.4, 0.5) is 0 Å². The molecule has 0 saturated carbocycles. The Morgan fingerprint density at radius 1 is 1.38 bits per heavy atom. The van der Waals surface area contributed by atoms with E-state index in [-0.39, 0.29) is 5.91 Å². The number of carbonyl (C=O) groups is 2. The van der Waals surface area contributed by atoms with Gasteiger partial charge in [-0.1, -0.05) is 31.2 Å². The van der Waals surface area contributed by atoms with Gasteiger partial charge in [-0.25, -0.2) is 0 Å². The summed E-state index contributed by atoms with van der Waals surface area (Å²) >= 11 is 0. The number of amides is 1. The number of aliphatic carboxylic acids is 1. The predicted molar refractivity (Wildman–Crippen MR) is 79.9 cm³/mol. The van der Waals surface area contributed by atoms with Gasteiger partial charge in [0.05, 0.1) is 6.04 Å². The van der Waals surface area contributed by atoms with E-state index in [1.165, 1.54) is 0 Å². The van der Waals surface area contributed by atoms with Crippen molar-refractivity contribution in [2.75, 3.05) is 6.54 Å². The SMILES string of the molecule is CCCNC(=O)C(C)N1Cc2ccccc2CC1C(=O)O. The highest BCUT2D eigenvalue weighted by Gasteiger charge is 2.36. The maximum Gasteiger partial charge on any atom is 0.321 e. The number of fused-ring (bicyclic) bond motifs is 1. The summed E-state index contributed by atoms with van der Waals surface area (Å²) in [5.74, 6) is -0.984. The minimum Gasteiger partial charge on any atom is -0.480 e. The Hall–Kier alpha value is -1.88. The van der Waals surface area contributed by atoms with Crippen molar-refractivity contribution in [1.29, 1.82) is 0 Å². The highest BCUT2D eigenvalue weighted by molar-refractivity contribution is 5.83. The van der Waals surface area contributed by atoms with E-state index >= 15 is 0 Å². The molecule has 114 valence electrons. The number of carbonyl (C=O) groups excluding carboxylic acids is 1. The van der Waals surface area contributed by atoms with E-state index in [1.807, 2.05) is 31.2 Å². The molecule has 0 radical (unpaired) electrons. The van der Waals surface area contributed by atoms with Crippen molar-refractivity contribution in [2.45, 2.75) is 45.3 Å². The van der Waals surface area contributed by atoms with Crippen LogP contribution in [-0.2, 0) is 22.6 Å². The number of nitrogens with one attached hydrogen (secondary N) is 1. The zero-order valence-corrected chi connectivity index (χ0v) is 12.5. The quantitative estimate of drug-likeness (QED) is 0.860. The summed E-state index contributed by atoms with van der Waals surface area (Å²) in [4.78, 5) is 25.5. The van der Waals surface area contributed by atoms with Crippen molar-refractivity contribution < 1.29 is 14.7 Å². The topological polar surface area (TPSA) is 69.6 Å². The third kappa shape index (κ3) is 3.42. The number of benzene rings is 1. The number of carboxylic acids is 1. The van der Waals surface area contributed by atoms with Crippen molar-refractivity contribution in [1.82, 2.24) is 10.2 Å². The Morgan fingerprint density at radius 3 is 2.67 bits per heavy atom. The van der Waals surface area contributed by atoms with Gasteiger partial charge < -0.3 is 10.4 Å². The van der Waals surface area contributed by atoms with Gasteiger partial charge in [0.25, 0.3) is 0 Å². The monoisotopic (exact) mass is 290 g/mol. The van der Waals surface area contributed by atoms with Crippen LogP contribution in [0.1, 0.15) is 31.4 Å². The molecule has 0 saturated heterocycles. The van der Waals surface area contributed by atoms with Crippen molar-refractivity contribution >= 4 is 11.9 Å². The molecule has 1 amide bonds. The number of carboxylic acid groups (broad SMARTS) is 1. The van der Waals surface area contributed by atoms with E-state index < -0.39 is 18.1 Å². The molecule has 2 N–H and O–H groups in total. The first-order valence-corrected chi connectivity index (χ1v) is 7.37. The van der Waals surface area contributed by atoms with Gasteiger partial charge in [-0.05, 0) is 30.9 Å². The lowest BCUT2D eigenvalue weighted by Gasteiger charge is -2.37. The molecule has 0 aromatic heterocycles. The van der Waals surface area contributed by atoms with Gasteiger partial charge in [0.1, 0.15) is 6.04 Å². The van der Waals surface area contributed by atoms with E-state index in [2.05, 4.69) is 5.32 Å². The Bertz CT molecular complexity index is 530.